The van der Waals surface area contributed by atoms with Crippen LogP contribution in [-0.4, -0.2) is 16.6 Å². The van der Waals surface area contributed by atoms with Gasteiger partial charge >= 0.3 is 0 Å². The number of rotatable bonds is 2. The monoisotopic (exact) mass is 334 g/mol. The van der Waals surface area contributed by atoms with E-state index < -0.39 is 0 Å². The molecule has 25 heavy (non-hydrogen) atoms. The zero-order valence-electron chi connectivity index (χ0n) is 14.5. The molecule has 0 heterocycles. The average molecular weight is 334 g/mol. The molecule has 2 aromatic carbocycles. The number of ketones is 1. The number of benzene rings is 2. The van der Waals surface area contributed by atoms with E-state index in [1.165, 1.54) is 0 Å². The number of nitrogens with two attached hydrogens (primary N) is 1. The molecule has 0 spiro atoms. The largest absolute Gasteiger partial charge is 0.506 e. The van der Waals surface area contributed by atoms with Gasteiger partial charge in [0, 0.05) is 17.7 Å². The summed E-state index contributed by atoms with van der Waals surface area (Å²) >= 11 is 0. The maximum atomic E-state index is 12.8. The lowest BCUT2D eigenvalue weighted by Crippen LogP contribution is -2.32. The number of nitrogen functional groups attached to an aromatic ring is 1. The number of carbonyl (C=O) groups is 1. The lowest BCUT2D eigenvalue weighted by Gasteiger charge is -2.31. The van der Waals surface area contributed by atoms with Crippen LogP contribution in [0.1, 0.15) is 32.3 Å². The molecule has 3 N–H and O–H groups in total. The highest BCUT2D eigenvalue weighted by molar-refractivity contribution is 6.28. The van der Waals surface area contributed by atoms with Crippen molar-refractivity contribution in [2.24, 2.45) is 10.4 Å². The predicted octanol–water partition coefficient (Wildman–Crippen LogP) is 4.70. The number of allylic oxidation sites excluding steroid dienone is 1. The van der Waals surface area contributed by atoms with E-state index in [0.717, 1.165) is 0 Å². The topological polar surface area (TPSA) is 75.7 Å². The lowest BCUT2D eigenvalue weighted by molar-refractivity contribution is -0.117. The van der Waals surface area contributed by atoms with Crippen molar-refractivity contribution in [3.05, 3.63) is 65.7 Å². The minimum absolute atomic E-state index is 0.00436. The molecule has 0 radical (unpaired) electrons. The Hall–Kier alpha value is -2.88. The summed E-state index contributed by atoms with van der Waals surface area (Å²) in [6.07, 6.45) is 1.01. The zero-order chi connectivity index (χ0) is 18.0. The van der Waals surface area contributed by atoms with Crippen molar-refractivity contribution in [1.29, 1.82) is 0 Å². The van der Waals surface area contributed by atoms with Crippen molar-refractivity contribution in [3.63, 3.8) is 0 Å². The van der Waals surface area contributed by atoms with Crippen LogP contribution in [0, 0.1) is 5.41 Å². The number of carbonyl (C=O) groups excluding carboxylic acids is 1. The summed E-state index contributed by atoms with van der Waals surface area (Å²) in [6, 6.07) is 16.3. The van der Waals surface area contributed by atoms with Crippen molar-refractivity contribution in [2.75, 3.05) is 5.73 Å². The van der Waals surface area contributed by atoms with Crippen LogP contribution in [0.4, 0.5) is 11.4 Å². The molecule has 4 heteroatoms. The second kappa shape index (κ2) is 6.55. The number of aliphatic imine (C=N–C) groups is 1. The number of nitrogens with zero attached hydrogens (tertiary/aromatic N) is 1. The van der Waals surface area contributed by atoms with Crippen molar-refractivity contribution in [3.8, 4) is 0 Å². The first-order valence-corrected chi connectivity index (χ1v) is 8.31. The lowest BCUT2D eigenvalue weighted by atomic mass is 9.73. The van der Waals surface area contributed by atoms with Crippen LogP contribution in [-0.2, 0) is 4.79 Å². The van der Waals surface area contributed by atoms with Crippen LogP contribution in [0.3, 0.4) is 0 Å². The standard InChI is InChI=1S/C21H22N2O2/c1-21(2)12-17(23-16-10-8-15(22)9-11-16)19(18(24)13-21)20(25)14-6-4-3-5-7-14/h3-11,25H,12-13,22H2,1-2H3/b20-19-,23-17?. The maximum absolute atomic E-state index is 12.8. The molecule has 1 saturated carbocycles. The molecule has 0 bridgehead atoms. The first kappa shape index (κ1) is 17.0. The van der Waals surface area contributed by atoms with Crippen LogP contribution in [0.25, 0.3) is 5.76 Å². The van der Waals surface area contributed by atoms with Crippen LogP contribution in [0.5, 0.6) is 0 Å². The smallest absolute Gasteiger partial charge is 0.169 e. The molecule has 0 aliphatic heterocycles. The Morgan fingerprint density at radius 1 is 1.04 bits per heavy atom. The van der Waals surface area contributed by atoms with Crippen molar-refractivity contribution < 1.29 is 9.90 Å². The minimum atomic E-state index is -0.190. The molecule has 128 valence electrons. The predicted molar refractivity (Wildman–Crippen MR) is 102 cm³/mol. The molecule has 1 fully saturated rings. The van der Waals surface area contributed by atoms with E-state index >= 15 is 0 Å². The third-order valence-electron chi connectivity index (χ3n) is 4.29. The summed E-state index contributed by atoms with van der Waals surface area (Å²) in [6.45, 7) is 4.08. The van der Waals surface area contributed by atoms with E-state index in [1.807, 2.05) is 44.2 Å². The maximum Gasteiger partial charge on any atom is 0.169 e. The van der Waals surface area contributed by atoms with E-state index in [2.05, 4.69) is 4.99 Å². The van der Waals surface area contributed by atoms with Gasteiger partial charge in [0.05, 0.1) is 17.0 Å². The summed E-state index contributed by atoms with van der Waals surface area (Å²) in [5.41, 5.74) is 8.47. The van der Waals surface area contributed by atoms with Crippen LogP contribution >= 0.6 is 0 Å². The van der Waals surface area contributed by atoms with Gasteiger partial charge in [-0.05, 0) is 36.1 Å². The average Bonchev–Trinajstić information content (AvgIpc) is 2.56. The summed E-state index contributed by atoms with van der Waals surface area (Å²) in [5.74, 6) is -0.0814. The third kappa shape index (κ3) is 3.79. The molecular formula is C21H22N2O2. The van der Waals surface area contributed by atoms with E-state index in [-0.39, 0.29) is 17.0 Å². The highest BCUT2D eigenvalue weighted by atomic mass is 16.3. The fraction of sp³-hybridized carbons (Fsp3) is 0.238. The number of Topliss-reactive ketones (excluding diaryl/α,β-unsaturated/α-hetero) is 1. The Labute approximate surface area is 147 Å². The molecule has 1 aliphatic rings. The van der Waals surface area contributed by atoms with Gasteiger partial charge in [0.2, 0.25) is 0 Å². The Morgan fingerprint density at radius 2 is 1.68 bits per heavy atom. The highest BCUT2D eigenvalue weighted by Gasteiger charge is 2.36. The number of anilines is 1. The summed E-state index contributed by atoms with van der Waals surface area (Å²) in [4.78, 5) is 17.4. The zero-order valence-corrected chi connectivity index (χ0v) is 14.5. The van der Waals surface area contributed by atoms with Gasteiger partial charge in [-0.25, -0.2) is 0 Å². The number of hydrogen-bond donors (Lipinski definition) is 2. The third-order valence-corrected chi connectivity index (χ3v) is 4.29. The molecule has 4 nitrogen and oxygen atoms in total. The van der Waals surface area contributed by atoms with Gasteiger partial charge in [0.25, 0.3) is 0 Å². The highest BCUT2D eigenvalue weighted by Crippen LogP contribution is 2.37. The fourth-order valence-corrected chi connectivity index (χ4v) is 3.10. The fourth-order valence-electron chi connectivity index (χ4n) is 3.10. The van der Waals surface area contributed by atoms with Gasteiger partial charge < -0.3 is 10.8 Å². The first-order chi connectivity index (χ1) is 11.9. The van der Waals surface area contributed by atoms with Gasteiger partial charge in [0.1, 0.15) is 5.76 Å². The van der Waals surface area contributed by atoms with Crippen LogP contribution in [0.2, 0.25) is 0 Å². The molecule has 3 rings (SSSR count). The number of aliphatic hydroxyl groups is 1. The molecule has 0 aromatic heterocycles. The Morgan fingerprint density at radius 3 is 2.32 bits per heavy atom. The minimum Gasteiger partial charge on any atom is -0.506 e. The van der Waals surface area contributed by atoms with Gasteiger partial charge in [-0.1, -0.05) is 44.2 Å². The SMILES string of the molecule is CC1(C)CC(=O)/C(=C(\O)c2ccccc2)C(=Nc2ccc(N)cc2)C1. The molecule has 0 amide bonds. The van der Waals surface area contributed by atoms with E-state index in [0.29, 0.717) is 41.1 Å². The van der Waals surface area contributed by atoms with Gasteiger partial charge in [0.15, 0.2) is 5.78 Å². The van der Waals surface area contributed by atoms with Crippen molar-refractivity contribution in [2.45, 2.75) is 26.7 Å². The Kier molecular flexibility index (Phi) is 4.45. The van der Waals surface area contributed by atoms with E-state index in [1.54, 1.807) is 24.3 Å². The van der Waals surface area contributed by atoms with Gasteiger partial charge in [-0.2, -0.15) is 0 Å². The summed E-state index contributed by atoms with van der Waals surface area (Å²) < 4.78 is 0. The summed E-state index contributed by atoms with van der Waals surface area (Å²) in [7, 11) is 0. The molecule has 2 aromatic rings. The van der Waals surface area contributed by atoms with Crippen LogP contribution < -0.4 is 5.73 Å². The molecule has 0 unspecified atom stereocenters. The Balaban J connectivity index is 2.13. The second-order valence-corrected chi connectivity index (χ2v) is 7.18. The molecular weight excluding hydrogens is 312 g/mol. The number of hydrogen-bond acceptors (Lipinski definition) is 4. The van der Waals surface area contributed by atoms with Crippen LogP contribution in [0.15, 0.2) is 65.2 Å². The Bertz CT molecular complexity index is 847. The summed E-state index contributed by atoms with van der Waals surface area (Å²) in [5, 5.41) is 10.7. The van der Waals surface area contributed by atoms with E-state index in [4.69, 9.17) is 5.73 Å². The number of aliphatic hydroxyl groups excluding tert-OH is 1. The van der Waals surface area contributed by atoms with Gasteiger partial charge in [-0.3, -0.25) is 9.79 Å². The molecule has 0 atom stereocenters. The normalized spacial score (nSPS) is 20.6. The quantitative estimate of drug-likeness (QED) is 0.475. The molecule has 0 saturated heterocycles. The van der Waals surface area contributed by atoms with Gasteiger partial charge in [-0.15, -0.1) is 0 Å². The second-order valence-electron chi connectivity index (χ2n) is 7.18. The van der Waals surface area contributed by atoms with E-state index in [9.17, 15) is 9.90 Å². The first-order valence-electron chi connectivity index (χ1n) is 8.31. The van der Waals surface area contributed by atoms with Crippen molar-refractivity contribution >= 4 is 28.6 Å². The molecule has 1 aliphatic carbocycles. The van der Waals surface area contributed by atoms with Crippen molar-refractivity contribution in [1.82, 2.24) is 0 Å².